The summed E-state index contributed by atoms with van der Waals surface area (Å²) in [6.07, 6.45) is 2.97. The van der Waals surface area contributed by atoms with Crippen LogP contribution in [-0.4, -0.2) is 40.2 Å². The summed E-state index contributed by atoms with van der Waals surface area (Å²) < 4.78 is 7.08. The number of rotatable bonds is 4. The van der Waals surface area contributed by atoms with Gasteiger partial charge in [-0.1, -0.05) is 11.6 Å². The van der Waals surface area contributed by atoms with E-state index in [9.17, 15) is 9.59 Å². The lowest BCUT2D eigenvalue weighted by atomic mass is 10.0. The fourth-order valence-corrected chi connectivity index (χ4v) is 3.89. The van der Waals surface area contributed by atoms with Gasteiger partial charge in [0, 0.05) is 29.8 Å². The molecule has 1 aromatic heterocycles. The van der Waals surface area contributed by atoms with E-state index in [0.29, 0.717) is 48.5 Å². The average molecular weight is 427 g/mol. The summed E-state index contributed by atoms with van der Waals surface area (Å²) in [5.41, 5.74) is 1.25. The first-order chi connectivity index (χ1) is 14.5. The van der Waals surface area contributed by atoms with Gasteiger partial charge in [0.05, 0.1) is 23.8 Å². The minimum atomic E-state index is -0.145. The number of urea groups is 1. The van der Waals surface area contributed by atoms with Crippen LogP contribution in [0.2, 0.25) is 5.02 Å². The lowest BCUT2D eigenvalue weighted by Gasteiger charge is -2.32. The summed E-state index contributed by atoms with van der Waals surface area (Å²) in [7, 11) is 0. The van der Waals surface area contributed by atoms with Gasteiger partial charge in [-0.25, -0.2) is 9.78 Å². The first-order valence-electron chi connectivity index (χ1n) is 10.0. The molecule has 0 atom stereocenters. The molecule has 0 spiro atoms. The van der Waals surface area contributed by atoms with E-state index in [4.69, 9.17) is 16.3 Å². The molecular formula is C22H23ClN4O3. The van der Waals surface area contributed by atoms with E-state index in [-0.39, 0.29) is 17.6 Å². The fourth-order valence-electron chi connectivity index (χ4n) is 3.72. The van der Waals surface area contributed by atoms with Crippen LogP contribution in [0.15, 0.2) is 53.6 Å². The highest BCUT2D eigenvalue weighted by Crippen LogP contribution is 2.23. The molecule has 1 aliphatic heterocycles. The highest BCUT2D eigenvalue weighted by molar-refractivity contribution is 6.31. The number of amides is 2. The van der Waals surface area contributed by atoms with Crippen LogP contribution in [-0.2, 0) is 0 Å². The molecule has 0 aliphatic carbocycles. The van der Waals surface area contributed by atoms with Crippen LogP contribution in [0.5, 0.6) is 5.75 Å². The van der Waals surface area contributed by atoms with Gasteiger partial charge in [0.15, 0.2) is 0 Å². The number of benzene rings is 2. The third-order valence-corrected chi connectivity index (χ3v) is 5.54. The van der Waals surface area contributed by atoms with Crippen LogP contribution >= 0.6 is 11.6 Å². The minimum absolute atomic E-state index is 0.00269. The van der Waals surface area contributed by atoms with Crippen molar-refractivity contribution in [3.8, 4) is 5.75 Å². The monoisotopic (exact) mass is 426 g/mol. The molecule has 4 rings (SSSR count). The molecule has 156 valence electrons. The maximum Gasteiger partial charge on any atom is 0.321 e. The van der Waals surface area contributed by atoms with Crippen LogP contribution in [0.4, 0.5) is 10.5 Å². The zero-order valence-electron chi connectivity index (χ0n) is 16.7. The SMILES string of the molecule is CCOc1ccc(NC(=O)N2CCC(n3cnc4ccc(Cl)cc4c3=O)CC2)cc1. The quantitative estimate of drug-likeness (QED) is 0.674. The van der Waals surface area contributed by atoms with Crippen molar-refractivity contribution in [2.24, 2.45) is 0 Å². The number of fused-ring (bicyclic) bond motifs is 1. The molecule has 2 amide bonds. The van der Waals surface area contributed by atoms with Crippen molar-refractivity contribution >= 4 is 34.2 Å². The molecule has 2 aromatic carbocycles. The molecule has 30 heavy (non-hydrogen) atoms. The Labute approximate surface area is 179 Å². The summed E-state index contributed by atoms with van der Waals surface area (Å²) in [6.45, 7) is 3.65. The normalized spacial score (nSPS) is 14.7. The van der Waals surface area contributed by atoms with E-state index < -0.39 is 0 Å². The number of carbonyl (C=O) groups excluding carboxylic acids is 1. The van der Waals surface area contributed by atoms with E-state index in [1.165, 1.54) is 0 Å². The fraction of sp³-hybridized carbons (Fsp3) is 0.318. The summed E-state index contributed by atoms with van der Waals surface area (Å²) in [4.78, 5) is 31.6. The molecule has 0 unspecified atom stereocenters. The van der Waals surface area contributed by atoms with Gasteiger partial charge in [0.1, 0.15) is 5.75 Å². The Morgan fingerprint density at radius 3 is 2.63 bits per heavy atom. The van der Waals surface area contributed by atoms with Gasteiger partial charge in [-0.15, -0.1) is 0 Å². The van der Waals surface area contributed by atoms with Crippen molar-refractivity contribution in [2.75, 3.05) is 25.0 Å². The maximum atomic E-state index is 12.9. The number of hydrogen-bond acceptors (Lipinski definition) is 4. The van der Waals surface area contributed by atoms with E-state index >= 15 is 0 Å². The smallest absolute Gasteiger partial charge is 0.321 e. The van der Waals surface area contributed by atoms with Crippen molar-refractivity contribution in [1.82, 2.24) is 14.5 Å². The highest BCUT2D eigenvalue weighted by atomic mass is 35.5. The molecule has 0 radical (unpaired) electrons. The molecule has 0 bridgehead atoms. The molecule has 7 nitrogen and oxygen atoms in total. The number of halogens is 1. The molecule has 1 N–H and O–H groups in total. The average Bonchev–Trinajstić information content (AvgIpc) is 2.76. The Kier molecular flexibility index (Phi) is 5.90. The second-order valence-corrected chi connectivity index (χ2v) is 7.66. The zero-order valence-corrected chi connectivity index (χ0v) is 17.4. The number of nitrogens with zero attached hydrogens (tertiary/aromatic N) is 3. The second kappa shape index (κ2) is 8.75. The summed E-state index contributed by atoms with van der Waals surface area (Å²) in [5.74, 6) is 0.770. The topological polar surface area (TPSA) is 76.5 Å². The van der Waals surface area contributed by atoms with Crippen LogP contribution < -0.4 is 15.6 Å². The van der Waals surface area contributed by atoms with E-state index in [1.54, 1.807) is 34.0 Å². The van der Waals surface area contributed by atoms with Crippen molar-refractivity contribution in [3.63, 3.8) is 0 Å². The van der Waals surface area contributed by atoms with Crippen molar-refractivity contribution < 1.29 is 9.53 Å². The molecule has 1 aliphatic rings. The Morgan fingerprint density at radius 1 is 1.20 bits per heavy atom. The van der Waals surface area contributed by atoms with Crippen molar-refractivity contribution in [1.29, 1.82) is 0 Å². The zero-order chi connectivity index (χ0) is 21.1. The largest absolute Gasteiger partial charge is 0.494 e. The van der Waals surface area contributed by atoms with E-state index in [1.807, 2.05) is 31.2 Å². The number of ether oxygens (including phenoxy) is 1. The van der Waals surface area contributed by atoms with Crippen LogP contribution in [0, 0.1) is 0 Å². The first kappa shape index (κ1) is 20.2. The number of anilines is 1. The third kappa shape index (κ3) is 4.26. The number of piperidine rings is 1. The van der Waals surface area contributed by atoms with Gasteiger partial charge in [-0.05, 0) is 62.2 Å². The van der Waals surface area contributed by atoms with Crippen molar-refractivity contribution in [3.05, 3.63) is 64.2 Å². The predicted octanol–water partition coefficient (Wildman–Crippen LogP) is 4.32. The maximum absolute atomic E-state index is 12.9. The number of carbonyl (C=O) groups is 1. The number of aromatic nitrogens is 2. The van der Waals surface area contributed by atoms with Crippen LogP contribution in [0.1, 0.15) is 25.8 Å². The molecule has 1 fully saturated rings. The Hall–Kier alpha value is -3.06. The van der Waals surface area contributed by atoms with Crippen LogP contribution in [0.25, 0.3) is 10.9 Å². The molecule has 2 heterocycles. The minimum Gasteiger partial charge on any atom is -0.494 e. The van der Waals surface area contributed by atoms with Crippen molar-refractivity contribution in [2.45, 2.75) is 25.8 Å². The molecular weight excluding hydrogens is 404 g/mol. The lowest BCUT2D eigenvalue weighted by molar-refractivity contribution is 0.182. The predicted molar refractivity (Wildman–Crippen MR) is 117 cm³/mol. The Bertz CT molecular complexity index is 1110. The highest BCUT2D eigenvalue weighted by Gasteiger charge is 2.25. The number of likely N-dealkylation sites (tertiary alicyclic amines) is 1. The Morgan fingerprint density at radius 2 is 1.93 bits per heavy atom. The van der Waals surface area contributed by atoms with Gasteiger partial charge in [-0.2, -0.15) is 0 Å². The number of nitrogens with one attached hydrogen (secondary N) is 1. The lowest BCUT2D eigenvalue weighted by Crippen LogP contribution is -2.42. The summed E-state index contributed by atoms with van der Waals surface area (Å²) in [5, 5.41) is 3.94. The second-order valence-electron chi connectivity index (χ2n) is 7.22. The van der Waals surface area contributed by atoms with Gasteiger partial charge in [0.25, 0.3) is 5.56 Å². The van der Waals surface area contributed by atoms with Gasteiger partial charge < -0.3 is 15.0 Å². The summed E-state index contributed by atoms with van der Waals surface area (Å²) in [6, 6.07) is 12.3. The van der Waals surface area contributed by atoms with Crippen LogP contribution in [0.3, 0.4) is 0 Å². The van der Waals surface area contributed by atoms with Gasteiger partial charge in [0.2, 0.25) is 0 Å². The first-order valence-corrected chi connectivity index (χ1v) is 10.4. The van der Waals surface area contributed by atoms with Gasteiger partial charge >= 0.3 is 6.03 Å². The molecule has 8 heteroatoms. The van der Waals surface area contributed by atoms with Gasteiger partial charge in [-0.3, -0.25) is 9.36 Å². The number of hydrogen-bond donors (Lipinski definition) is 1. The Balaban J connectivity index is 1.40. The molecule has 0 saturated carbocycles. The van der Waals surface area contributed by atoms with E-state index in [2.05, 4.69) is 10.3 Å². The standard InChI is InChI=1S/C22H23ClN4O3/c1-2-30-18-6-4-16(5-7-18)25-22(29)26-11-9-17(10-12-26)27-14-24-20-8-3-15(23)13-19(20)21(27)28/h3-8,13-14,17H,2,9-12H2,1H3,(H,25,29). The van der Waals surface area contributed by atoms with E-state index in [0.717, 1.165) is 11.4 Å². The third-order valence-electron chi connectivity index (χ3n) is 5.31. The summed E-state index contributed by atoms with van der Waals surface area (Å²) >= 11 is 6.04. The molecule has 3 aromatic rings. The molecule has 1 saturated heterocycles.